The molecule has 2 heteroatoms. The van der Waals surface area contributed by atoms with Crippen molar-refractivity contribution in [1.29, 1.82) is 0 Å². The highest BCUT2D eigenvalue weighted by molar-refractivity contribution is 7.26. The van der Waals surface area contributed by atoms with Gasteiger partial charge >= 0.3 is 0 Å². The van der Waals surface area contributed by atoms with Crippen LogP contribution in [-0.4, -0.2) is 4.98 Å². The van der Waals surface area contributed by atoms with Crippen LogP contribution >= 0.6 is 11.3 Å². The average Bonchev–Trinajstić information content (AvgIpc) is 3.17. The van der Waals surface area contributed by atoms with Crippen molar-refractivity contribution in [3.05, 3.63) is 72.8 Å². The Morgan fingerprint density at radius 3 is 2.38 bits per heavy atom. The number of benzene rings is 4. The third-order valence-corrected chi connectivity index (χ3v) is 6.10. The van der Waals surface area contributed by atoms with Gasteiger partial charge < -0.3 is 4.98 Å². The lowest BCUT2D eigenvalue weighted by Gasteiger charge is -2.00. The van der Waals surface area contributed by atoms with Crippen LogP contribution in [0, 0.1) is 0 Å². The molecule has 1 N–H and O–H groups in total. The molecule has 0 atom stereocenters. The van der Waals surface area contributed by atoms with Gasteiger partial charge in [0.05, 0.1) is 0 Å². The van der Waals surface area contributed by atoms with E-state index in [1.807, 2.05) is 11.3 Å². The molecule has 1 nitrogen and oxygen atoms in total. The molecule has 0 saturated carbocycles. The Morgan fingerprint density at radius 1 is 0.583 bits per heavy atom. The van der Waals surface area contributed by atoms with Crippen LogP contribution < -0.4 is 0 Å². The highest BCUT2D eigenvalue weighted by Gasteiger charge is 2.12. The quantitative estimate of drug-likeness (QED) is 0.315. The molecule has 0 saturated heterocycles. The fourth-order valence-corrected chi connectivity index (χ4v) is 5.03. The van der Waals surface area contributed by atoms with Crippen LogP contribution in [0.5, 0.6) is 0 Å². The van der Waals surface area contributed by atoms with E-state index in [0.29, 0.717) is 0 Å². The van der Waals surface area contributed by atoms with Crippen molar-refractivity contribution in [3.63, 3.8) is 0 Å². The standard InChI is InChI=1S/C22H13NS/c1-2-6-14-13(5-1)9-10-20-22(14)17-11-19-16(12-21(17)24-20)15-7-3-4-8-18(15)23-19/h1-12,23H. The van der Waals surface area contributed by atoms with Crippen LogP contribution in [0.4, 0.5) is 0 Å². The van der Waals surface area contributed by atoms with Crippen molar-refractivity contribution in [2.45, 2.75) is 0 Å². The molecule has 2 aromatic heterocycles. The molecular formula is C22H13NS. The van der Waals surface area contributed by atoms with E-state index in [-0.39, 0.29) is 0 Å². The van der Waals surface area contributed by atoms with E-state index in [0.717, 1.165) is 0 Å². The SMILES string of the molecule is c1ccc2c(c1)ccc1sc3cc4c(cc3c12)[nH]c1ccccc14. The Bertz CT molecular complexity index is 1400. The lowest BCUT2D eigenvalue weighted by molar-refractivity contribution is 1.56. The van der Waals surface area contributed by atoms with Gasteiger partial charge in [0.15, 0.2) is 0 Å². The molecule has 112 valence electrons. The maximum atomic E-state index is 3.58. The number of thiophene rings is 1. The second-order valence-electron chi connectivity index (χ2n) is 6.33. The third kappa shape index (κ3) is 1.53. The van der Waals surface area contributed by atoms with Gasteiger partial charge in [0.25, 0.3) is 0 Å². The fraction of sp³-hybridized carbons (Fsp3) is 0. The van der Waals surface area contributed by atoms with Gasteiger partial charge in [-0.1, -0.05) is 48.5 Å². The molecule has 0 amide bonds. The van der Waals surface area contributed by atoms with E-state index in [4.69, 9.17) is 0 Å². The summed E-state index contributed by atoms with van der Waals surface area (Å²) in [7, 11) is 0. The fourth-order valence-electron chi connectivity index (χ4n) is 3.89. The zero-order chi connectivity index (χ0) is 15.7. The molecule has 0 unspecified atom stereocenters. The number of rotatable bonds is 0. The molecule has 0 spiro atoms. The van der Waals surface area contributed by atoms with Gasteiger partial charge in [0.1, 0.15) is 0 Å². The molecule has 0 radical (unpaired) electrons. The number of para-hydroxylation sites is 1. The van der Waals surface area contributed by atoms with Crippen LogP contribution in [-0.2, 0) is 0 Å². The van der Waals surface area contributed by atoms with Crippen LogP contribution in [0.2, 0.25) is 0 Å². The second-order valence-corrected chi connectivity index (χ2v) is 7.41. The minimum Gasteiger partial charge on any atom is -0.354 e. The molecule has 4 aromatic carbocycles. The highest BCUT2D eigenvalue weighted by Crippen LogP contribution is 2.41. The summed E-state index contributed by atoms with van der Waals surface area (Å²) in [6.45, 7) is 0. The first-order chi connectivity index (χ1) is 11.9. The van der Waals surface area contributed by atoms with Gasteiger partial charge in [0.2, 0.25) is 0 Å². The van der Waals surface area contributed by atoms with E-state index in [1.54, 1.807) is 0 Å². The monoisotopic (exact) mass is 323 g/mol. The summed E-state index contributed by atoms with van der Waals surface area (Å²) in [6.07, 6.45) is 0. The Hall–Kier alpha value is -2.84. The number of fused-ring (bicyclic) bond motifs is 8. The van der Waals surface area contributed by atoms with E-state index in [1.165, 1.54) is 52.8 Å². The number of nitrogens with one attached hydrogen (secondary N) is 1. The van der Waals surface area contributed by atoms with Crippen molar-refractivity contribution in [2.75, 3.05) is 0 Å². The average molecular weight is 323 g/mol. The van der Waals surface area contributed by atoms with E-state index in [9.17, 15) is 0 Å². The first-order valence-corrected chi connectivity index (χ1v) is 8.94. The van der Waals surface area contributed by atoms with Gasteiger partial charge in [-0.15, -0.1) is 11.3 Å². The van der Waals surface area contributed by atoms with Crippen molar-refractivity contribution in [3.8, 4) is 0 Å². The summed E-state index contributed by atoms with van der Waals surface area (Å²) in [5, 5.41) is 8.00. The van der Waals surface area contributed by atoms with Gasteiger partial charge in [-0.3, -0.25) is 0 Å². The van der Waals surface area contributed by atoms with Crippen molar-refractivity contribution in [2.24, 2.45) is 0 Å². The molecule has 0 bridgehead atoms. The zero-order valence-corrected chi connectivity index (χ0v) is 13.7. The molecule has 2 heterocycles. The molecular weight excluding hydrogens is 310 g/mol. The summed E-state index contributed by atoms with van der Waals surface area (Å²) in [6, 6.07) is 26.4. The Labute approximate surface area is 142 Å². The summed E-state index contributed by atoms with van der Waals surface area (Å²) in [5.41, 5.74) is 2.43. The van der Waals surface area contributed by atoms with E-state index < -0.39 is 0 Å². The summed E-state index contributed by atoms with van der Waals surface area (Å²) in [5.74, 6) is 0. The predicted molar refractivity (Wildman–Crippen MR) is 106 cm³/mol. The van der Waals surface area contributed by atoms with Crippen LogP contribution in [0.1, 0.15) is 0 Å². The van der Waals surface area contributed by atoms with Crippen molar-refractivity contribution in [1.82, 2.24) is 4.98 Å². The first kappa shape index (κ1) is 12.6. The summed E-state index contributed by atoms with van der Waals surface area (Å²) >= 11 is 1.89. The van der Waals surface area contributed by atoms with Crippen LogP contribution in [0.15, 0.2) is 72.8 Å². The largest absolute Gasteiger partial charge is 0.354 e. The summed E-state index contributed by atoms with van der Waals surface area (Å²) in [4.78, 5) is 3.58. The number of hydrogen-bond acceptors (Lipinski definition) is 1. The molecule has 24 heavy (non-hydrogen) atoms. The predicted octanol–water partition coefficient (Wildman–Crippen LogP) is 6.84. The Kier molecular flexibility index (Phi) is 2.29. The highest BCUT2D eigenvalue weighted by atomic mass is 32.1. The first-order valence-electron chi connectivity index (χ1n) is 8.13. The van der Waals surface area contributed by atoms with Gasteiger partial charge in [-0.2, -0.15) is 0 Å². The number of aromatic nitrogens is 1. The van der Waals surface area contributed by atoms with Crippen molar-refractivity contribution < 1.29 is 0 Å². The summed E-state index contributed by atoms with van der Waals surface area (Å²) < 4.78 is 2.72. The number of aromatic amines is 1. The van der Waals surface area contributed by atoms with E-state index in [2.05, 4.69) is 77.8 Å². The molecule has 0 aliphatic rings. The molecule has 6 aromatic rings. The lowest BCUT2D eigenvalue weighted by atomic mass is 10.0. The second kappa shape index (κ2) is 4.37. The molecule has 0 fully saturated rings. The smallest absolute Gasteiger partial charge is 0.0472 e. The molecule has 0 aliphatic carbocycles. The topological polar surface area (TPSA) is 15.8 Å². The maximum Gasteiger partial charge on any atom is 0.0472 e. The lowest BCUT2D eigenvalue weighted by Crippen LogP contribution is -1.74. The minimum absolute atomic E-state index is 1.21. The maximum absolute atomic E-state index is 3.58. The van der Waals surface area contributed by atoms with Gasteiger partial charge in [-0.25, -0.2) is 0 Å². The van der Waals surface area contributed by atoms with Crippen LogP contribution in [0.25, 0.3) is 52.8 Å². The molecule has 0 aliphatic heterocycles. The van der Waals surface area contributed by atoms with Gasteiger partial charge in [-0.05, 0) is 35.0 Å². The Balaban J connectivity index is 1.87. The number of hydrogen-bond donors (Lipinski definition) is 1. The van der Waals surface area contributed by atoms with Crippen molar-refractivity contribution >= 4 is 64.1 Å². The van der Waals surface area contributed by atoms with Gasteiger partial charge in [0, 0.05) is 42.0 Å². The Morgan fingerprint density at radius 2 is 1.42 bits per heavy atom. The zero-order valence-electron chi connectivity index (χ0n) is 12.8. The van der Waals surface area contributed by atoms with E-state index >= 15 is 0 Å². The molecule has 6 rings (SSSR count). The number of H-pyrrole nitrogens is 1. The third-order valence-electron chi connectivity index (χ3n) is 4.99. The normalized spacial score (nSPS) is 12.2. The minimum atomic E-state index is 1.21. The van der Waals surface area contributed by atoms with Crippen LogP contribution in [0.3, 0.4) is 0 Å².